The van der Waals surface area contributed by atoms with Crippen LogP contribution in [0.4, 0.5) is 0 Å². The predicted octanol–water partition coefficient (Wildman–Crippen LogP) is -0.392. The minimum atomic E-state index is -2.19. The molecule has 2 amide bonds. The van der Waals surface area contributed by atoms with Crippen molar-refractivity contribution in [1.82, 2.24) is 10.6 Å². The normalized spacial score (nSPS) is 36.1. The lowest BCUT2D eigenvalue weighted by Gasteiger charge is -2.50. The Hall–Kier alpha value is -2.36. The van der Waals surface area contributed by atoms with Gasteiger partial charge in [0.1, 0.15) is 122 Å². The number of carbonyl (C=O) groups is 2. The van der Waals surface area contributed by atoms with Crippen molar-refractivity contribution in [2.75, 3.05) is 39.6 Å². The average Bonchev–Trinajstić information content (AvgIpc) is 0.777. The second-order valence-electron chi connectivity index (χ2n) is 27.1. The van der Waals surface area contributed by atoms with E-state index >= 15 is 0 Å². The summed E-state index contributed by atoms with van der Waals surface area (Å²) in [5, 5.41) is 182. The summed E-state index contributed by atoms with van der Waals surface area (Å²) in [5.74, 6) is -1.05. The van der Waals surface area contributed by atoms with Crippen molar-refractivity contribution in [3.05, 3.63) is 12.2 Å². The highest BCUT2D eigenvalue weighted by molar-refractivity contribution is 5.76. The van der Waals surface area contributed by atoms with Gasteiger partial charge in [-0.1, -0.05) is 180 Å². The van der Waals surface area contributed by atoms with Gasteiger partial charge in [0, 0.05) is 13.3 Å². The van der Waals surface area contributed by atoms with Gasteiger partial charge in [0.05, 0.1) is 51.8 Å². The number of carbonyl (C=O) groups excluding carboxylic acids is 2. The Morgan fingerprint density at radius 1 is 0.398 bits per heavy atom. The predicted molar refractivity (Wildman–Crippen MR) is 350 cm³/mol. The van der Waals surface area contributed by atoms with E-state index in [2.05, 4.69) is 24.5 Å². The van der Waals surface area contributed by atoms with Crippen LogP contribution in [0, 0.1) is 0 Å². The summed E-state index contributed by atoms with van der Waals surface area (Å²) in [7, 11) is 0. The van der Waals surface area contributed by atoms with E-state index < -0.39 is 211 Å². The minimum Gasteiger partial charge on any atom is -0.394 e. The number of aliphatic hydroxyl groups excluding tert-OH is 16. The molecule has 0 saturated carbocycles. The Labute approximate surface area is 577 Å². The SMILES string of the molecule is CCCCCCCCCCCCC/C=C/[C@@H](O)[C@H](CO[C@@H]1OC(CO)[C@@H](O[C@@H]2OC(CO)[C@H](O[C@@H]3OC(CO)[C@H](O)[C@H](O[C@H]4OC(CO)[C@H](O)[C@H](O[C@@H]5OC(CO)[C@H](O)[C@H](O)C5NC(C)=O)C4O)C3O)[C@H](O)C2O)[C@H](O)C1O)NC(=O)CCCCCCCCCCCCCCCCC. The number of hydrogen-bond donors (Lipinski definition) is 18. The zero-order chi connectivity index (χ0) is 71.7. The minimum absolute atomic E-state index is 0.199. The Bertz CT molecular complexity index is 2150. The summed E-state index contributed by atoms with van der Waals surface area (Å²) in [6.07, 6.45) is -11.5. The summed E-state index contributed by atoms with van der Waals surface area (Å²) in [6, 6.07) is -2.60. The summed E-state index contributed by atoms with van der Waals surface area (Å²) in [6.45, 7) is 0.374. The molecule has 27 atom stereocenters. The molecule has 5 aliphatic heterocycles. The fourth-order valence-electron chi connectivity index (χ4n) is 13.2. The molecular weight excluding hydrogens is 1290 g/mol. The van der Waals surface area contributed by atoms with Crippen LogP contribution in [0.3, 0.4) is 0 Å². The molecule has 0 radical (unpaired) electrons. The van der Waals surface area contributed by atoms with Crippen molar-refractivity contribution >= 4 is 11.8 Å². The van der Waals surface area contributed by atoms with Crippen LogP contribution in [-0.2, 0) is 57.0 Å². The van der Waals surface area contributed by atoms with Crippen LogP contribution in [0.2, 0.25) is 0 Å². The molecule has 98 heavy (non-hydrogen) atoms. The summed E-state index contributed by atoms with van der Waals surface area (Å²) < 4.78 is 58.0. The van der Waals surface area contributed by atoms with Crippen molar-refractivity contribution in [2.45, 2.75) is 366 Å². The zero-order valence-electron chi connectivity index (χ0n) is 57.8. The van der Waals surface area contributed by atoms with Crippen molar-refractivity contribution in [1.29, 1.82) is 0 Å². The monoisotopic (exact) mass is 1420 g/mol. The third-order valence-corrected chi connectivity index (χ3v) is 19.2. The first-order valence-electron chi connectivity index (χ1n) is 36.5. The second kappa shape index (κ2) is 47.2. The fraction of sp³-hybridized carbons (Fsp3) is 0.941. The van der Waals surface area contributed by atoms with Gasteiger partial charge < -0.3 is 140 Å². The molecule has 5 rings (SSSR count). The first-order valence-corrected chi connectivity index (χ1v) is 36.5. The van der Waals surface area contributed by atoms with Gasteiger partial charge in [-0.05, 0) is 19.3 Å². The van der Waals surface area contributed by atoms with E-state index in [0.29, 0.717) is 12.8 Å². The number of unbranched alkanes of at least 4 members (excludes halogenated alkanes) is 25. The summed E-state index contributed by atoms with van der Waals surface area (Å²) in [4.78, 5) is 25.5. The number of aliphatic hydroxyl groups is 16. The maximum atomic E-state index is 13.4. The van der Waals surface area contributed by atoms with Crippen LogP contribution >= 0.6 is 0 Å². The molecule has 0 aromatic rings. The van der Waals surface area contributed by atoms with Crippen LogP contribution in [0.25, 0.3) is 0 Å². The van der Waals surface area contributed by atoms with E-state index in [0.717, 1.165) is 51.9 Å². The van der Waals surface area contributed by atoms with Gasteiger partial charge in [0.15, 0.2) is 31.5 Å². The molecule has 5 aliphatic rings. The van der Waals surface area contributed by atoms with Gasteiger partial charge >= 0.3 is 0 Å². The molecule has 5 saturated heterocycles. The summed E-state index contributed by atoms with van der Waals surface area (Å²) >= 11 is 0. The molecule has 0 aliphatic carbocycles. The van der Waals surface area contributed by atoms with Crippen molar-refractivity contribution in [3.8, 4) is 0 Å². The lowest BCUT2D eigenvalue weighted by Crippen LogP contribution is -2.69. The number of rotatable bonds is 48. The van der Waals surface area contributed by atoms with E-state index in [-0.39, 0.29) is 12.3 Å². The van der Waals surface area contributed by atoms with Crippen molar-refractivity contribution in [3.63, 3.8) is 0 Å². The van der Waals surface area contributed by atoms with Gasteiger partial charge in [0.2, 0.25) is 11.8 Å². The van der Waals surface area contributed by atoms with Crippen LogP contribution in [-0.4, -0.2) is 299 Å². The van der Waals surface area contributed by atoms with E-state index in [1.807, 2.05) is 6.08 Å². The standard InChI is InChI=1S/C68H124N2O28/c1-4-6-8-10-12-14-16-18-19-21-23-25-27-29-31-33-48(78)70-41(42(77)32-30-28-26-24-22-20-17-15-13-11-9-7-5-2)39-89-65-56(85)54(83)60(46(37-74)93-65)95-66-57(86)55(84)61(47(38-75)94-66)96-67-59(88)63(52(81)45(36-73)91-67)98-68-58(87)62(51(80)44(35-72)92-68)97-64-49(69-40(3)76)53(82)50(79)43(34-71)90-64/h30,32,41-47,49-68,71-75,77,79-88H,4-29,31,33-39H2,1-3H3,(H,69,76)(H,70,78)/b32-30+/t41-,42+,43?,44?,45?,46?,47?,49?,50-,51-,52-,53+,54+,55+,56?,57?,58?,59?,60+,61-,62-,63-,64-,65+,66-,67-,68+/m0/s1. The highest BCUT2D eigenvalue weighted by atomic mass is 16.8. The number of nitrogens with one attached hydrogen (secondary N) is 2. The number of ether oxygens (including phenoxy) is 10. The van der Waals surface area contributed by atoms with Gasteiger partial charge in [-0.2, -0.15) is 0 Å². The molecule has 5 heterocycles. The Balaban J connectivity index is 1.18. The highest BCUT2D eigenvalue weighted by Crippen LogP contribution is 2.36. The third-order valence-electron chi connectivity index (χ3n) is 19.2. The van der Waals surface area contributed by atoms with Crippen molar-refractivity contribution < 1.29 is 139 Å². The maximum absolute atomic E-state index is 13.4. The number of amides is 2. The average molecular weight is 1420 g/mol. The highest BCUT2D eigenvalue weighted by Gasteiger charge is 2.57. The van der Waals surface area contributed by atoms with Crippen LogP contribution in [0.5, 0.6) is 0 Å². The first-order chi connectivity index (χ1) is 47.2. The van der Waals surface area contributed by atoms with Gasteiger partial charge in [-0.15, -0.1) is 0 Å². The largest absolute Gasteiger partial charge is 0.394 e. The van der Waals surface area contributed by atoms with E-state index in [4.69, 9.17) is 47.4 Å². The zero-order valence-corrected chi connectivity index (χ0v) is 57.8. The van der Waals surface area contributed by atoms with Crippen molar-refractivity contribution in [2.24, 2.45) is 0 Å². The smallest absolute Gasteiger partial charge is 0.220 e. The fourth-order valence-corrected chi connectivity index (χ4v) is 13.2. The Morgan fingerprint density at radius 3 is 1.17 bits per heavy atom. The lowest BCUT2D eigenvalue weighted by molar-refractivity contribution is -0.393. The van der Waals surface area contributed by atoms with Gasteiger partial charge in [0.25, 0.3) is 0 Å². The molecule has 0 spiro atoms. The van der Waals surface area contributed by atoms with Gasteiger partial charge in [-0.25, -0.2) is 0 Å². The van der Waals surface area contributed by atoms with E-state index in [9.17, 15) is 91.3 Å². The van der Waals surface area contributed by atoms with Crippen LogP contribution in [0.15, 0.2) is 12.2 Å². The molecular formula is C68H124N2O28. The van der Waals surface area contributed by atoms with E-state index in [1.54, 1.807) is 6.08 Å². The van der Waals surface area contributed by atoms with Crippen LogP contribution < -0.4 is 10.6 Å². The number of hydrogen-bond acceptors (Lipinski definition) is 28. The maximum Gasteiger partial charge on any atom is 0.220 e. The lowest BCUT2D eigenvalue weighted by atomic mass is 9.95. The molecule has 0 aromatic carbocycles. The molecule has 18 N–H and O–H groups in total. The first kappa shape index (κ1) is 86.3. The molecule has 574 valence electrons. The van der Waals surface area contributed by atoms with Crippen LogP contribution in [0.1, 0.15) is 201 Å². The Morgan fingerprint density at radius 2 is 0.745 bits per heavy atom. The molecule has 5 fully saturated rings. The summed E-state index contributed by atoms with van der Waals surface area (Å²) in [5.41, 5.74) is 0. The molecule has 30 nitrogen and oxygen atoms in total. The molecule has 30 heteroatoms. The molecule has 0 bridgehead atoms. The Kier molecular flexibility index (Phi) is 41.5. The topological polar surface area (TPSA) is 474 Å². The molecule has 0 aromatic heterocycles. The second-order valence-corrected chi connectivity index (χ2v) is 27.1. The third kappa shape index (κ3) is 27.0. The molecule has 10 unspecified atom stereocenters. The number of allylic oxidation sites excluding steroid dienone is 1. The van der Waals surface area contributed by atoms with E-state index in [1.165, 1.54) is 116 Å². The quantitative estimate of drug-likeness (QED) is 0.0272. The van der Waals surface area contributed by atoms with Gasteiger partial charge in [-0.3, -0.25) is 9.59 Å².